The summed E-state index contributed by atoms with van der Waals surface area (Å²) in [6.07, 6.45) is 7.86. The Kier molecular flexibility index (Phi) is 8.62. The summed E-state index contributed by atoms with van der Waals surface area (Å²) in [5, 5.41) is 0. The van der Waals surface area contributed by atoms with Crippen molar-refractivity contribution in [3.8, 4) is 34.5 Å². The van der Waals surface area contributed by atoms with Gasteiger partial charge in [0, 0.05) is 34.4 Å². The van der Waals surface area contributed by atoms with Gasteiger partial charge < -0.3 is 18.9 Å². The van der Waals surface area contributed by atoms with E-state index in [4.69, 9.17) is 18.9 Å². The van der Waals surface area contributed by atoms with Gasteiger partial charge in [-0.1, -0.05) is 24.3 Å². The van der Waals surface area contributed by atoms with Crippen molar-refractivity contribution in [2.75, 3.05) is 14.2 Å². The molecular formula is C33H30O5. The average molecular weight is 507 g/mol. The third-order valence-electron chi connectivity index (χ3n) is 5.81. The molecule has 38 heavy (non-hydrogen) atoms. The fraction of sp³-hybridized carbons (Fsp3) is 0.121. The Labute approximate surface area is 223 Å². The zero-order chi connectivity index (χ0) is 26.9. The van der Waals surface area contributed by atoms with Crippen LogP contribution in [0, 0.1) is 0 Å². The lowest BCUT2D eigenvalue weighted by Crippen LogP contribution is -2.01. The van der Waals surface area contributed by atoms with Crippen LogP contribution in [0.5, 0.6) is 34.5 Å². The van der Waals surface area contributed by atoms with E-state index in [-0.39, 0.29) is 5.78 Å². The normalized spacial score (nSPS) is 11.1. The molecule has 0 aliphatic rings. The van der Waals surface area contributed by atoms with Gasteiger partial charge in [0.15, 0.2) is 5.78 Å². The van der Waals surface area contributed by atoms with Gasteiger partial charge in [-0.05, 0) is 86.6 Å². The van der Waals surface area contributed by atoms with Crippen molar-refractivity contribution in [2.24, 2.45) is 0 Å². The lowest BCUT2D eigenvalue weighted by atomic mass is 10.0. The number of hydrogen-bond donors (Lipinski definition) is 0. The second-order valence-corrected chi connectivity index (χ2v) is 8.39. The molecule has 0 aliphatic heterocycles. The van der Waals surface area contributed by atoms with Gasteiger partial charge in [0.2, 0.25) is 0 Å². The van der Waals surface area contributed by atoms with Crippen molar-refractivity contribution >= 4 is 17.9 Å². The van der Waals surface area contributed by atoms with Crippen LogP contribution in [-0.4, -0.2) is 20.0 Å². The molecule has 0 bridgehead atoms. The van der Waals surface area contributed by atoms with Gasteiger partial charge in [-0.2, -0.15) is 0 Å². The molecule has 0 spiro atoms. The van der Waals surface area contributed by atoms with Crippen molar-refractivity contribution in [1.29, 1.82) is 0 Å². The fourth-order valence-corrected chi connectivity index (χ4v) is 3.93. The van der Waals surface area contributed by atoms with E-state index >= 15 is 0 Å². The van der Waals surface area contributed by atoms with Gasteiger partial charge in [-0.25, -0.2) is 0 Å². The number of ether oxygens (including phenoxy) is 4. The summed E-state index contributed by atoms with van der Waals surface area (Å²) in [4.78, 5) is 13.0. The third-order valence-corrected chi connectivity index (χ3v) is 5.81. The average Bonchev–Trinajstić information content (AvgIpc) is 2.95. The highest BCUT2D eigenvalue weighted by molar-refractivity contribution is 6.09. The molecule has 5 heteroatoms. The molecule has 0 fully saturated rings. The lowest BCUT2D eigenvalue weighted by Gasteiger charge is -2.11. The minimum absolute atomic E-state index is 0.0853. The van der Waals surface area contributed by atoms with Crippen LogP contribution >= 0.6 is 0 Å². The smallest absolute Gasteiger partial charge is 0.193 e. The Morgan fingerprint density at radius 3 is 1.26 bits per heavy atom. The SMILES string of the molecule is C/C=C/c1ccc(Oc2ccc(C(=O)c3ccc(Oc4ccc(/C=C/C)c(OC)c4)cc3)cc2)cc1OC. The van der Waals surface area contributed by atoms with Gasteiger partial charge in [0.1, 0.15) is 34.5 Å². The molecule has 0 aliphatic carbocycles. The standard InChI is InChI=1S/C33H30O5/c1-5-7-23-9-19-29(21-31(23)35-3)37-27-15-11-25(12-16-27)33(34)26-13-17-28(18-14-26)38-30-20-10-24(8-6-2)32(22-30)36-4/h5-22H,1-4H3/b7-5+,8-6+. The fourth-order valence-electron chi connectivity index (χ4n) is 3.93. The second kappa shape index (κ2) is 12.5. The maximum atomic E-state index is 13.0. The molecule has 0 unspecified atom stereocenters. The number of methoxy groups -OCH3 is 2. The number of allylic oxidation sites excluding steroid dienone is 2. The first kappa shape index (κ1) is 26.3. The van der Waals surface area contributed by atoms with Crippen LogP contribution in [0.25, 0.3) is 12.2 Å². The summed E-state index contributed by atoms with van der Waals surface area (Å²) in [5.41, 5.74) is 3.08. The van der Waals surface area contributed by atoms with Gasteiger partial charge in [0.25, 0.3) is 0 Å². The highest BCUT2D eigenvalue weighted by atomic mass is 16.5. The molecular weight excluding hydrogens is 476 g/mol. The van der Waals surface area contributed by atoms with Crippen molar-refractivity contribution in [1.82, 2.24) is 0 Å². The molecule has 5 nitrogen and oxygen atoms in total. The van der Waals surface area contributed by atoms with E-state index in [9.17, 15) is 4.79 Å². The molecule has 0 aromatic heterocycles. The molecule has 4 rings (SSSR count). The highest BCUT2D eigenvalue weighted by Gasteiger charge is 2.11. The molecule has 0 heterocycles. The number of rotatable bonds is 10. The Morgan fingerprint density at radius 2 is 0.921 bits per heavy atom. The maximum Gasteiger partial charge on any atom is 0.193 e. The molecule has 0 N–H and O–H groups in total. The van der Waals surface area contributed by atoms with Gasteiger partial charge in [-0.3, -0.25) is 4.79 Å². The summed E-state index contributed by atoms with van der Waals surface area (Å²) in [6, 6.07) is 25.5. The zero-order valence-corrected chi connectivity index (χ0v) is 21.9. The molecule has 192 valence electrons. The van der Waals surface area contributed by atoms with E-state index in [2.05, 4.69) is 0 Å². The van der Waals surface area contributed by atoms with Crippen LogP contribution < -0.4 is 18.9 Å². The monoisotopic (exact) mass is 506 g/mol. The van der Waals surface area contributed by atoms with Gasteiger partial charge in [-0.15, -0.1) is 0 Å². The maximum absolute atomic E-state index is 13.0. The predicted octanol–water partition coefficient (Wildman–Crippen LogP) is 8.59. The molecule has 0 radical (unpaired) electrons. The summed E-state index contributed by atoms with van der Waals surface area (Å²) in [6.45, 7) is 3.91. The topological polar surface area (TPSA) is 54.0 Å². The van der Waals surface area contributed by atoms with Crippen LogP contribution in [0.2, 0.25) is 0 Å². The van der Waals surface area contributed by atoms with Crippen molar-refractivity contribution in [3.63, 3.8) is 0 Å². The van der Waals surface area contributed by atoms with E-state index in [1.54, 1.807) is 62.8 Å². The van der Waals surface area contributed by atoms with Crippen LogP contribution in [0.4, 0.5) is 0 Å². The van der Waals surface area contributed by atoms with Crippen molar-refractivity contribution in [3.05, 3.63) is 119 Å². The van der Waals surface area contributed by atoms with Crippen LogP contribution in [-0.2, 0) is 0 Å². The van der Waals surface area contributed by atoms with Crippen LogP contribution in [0.15, 0.2) is 97.1 Å². The molecule has 4 aromatic rings. The van der Waals surface area contributed by atoms with Crippen molar-refractivity contribution < 1.29 is 23.7 Å². The molecule has 0 saturated carbocycles. The van der Waals surface area contributed by atoms with E-state index in [1.807, 2.05) is 74.5 Å². The number of hydrogen-bond acceptors (Lipinski definition) is 5. The van der Waals surface area contributed by atoms with Gasteiger partial charge >= 0.3 is 0 Å². The molecule has 4 aromatic carbocycles. The zero-order valence-electron chi connectivity index (χ0n) is 21.9. The van der Waals surface area contributed by atoms with E-state index in [0.717, 1.165) is 22.6 Å². The largest absolute Gasteiger partial charge is 0.496 e. The summed E-state index contributed by atoms with van der Waals surface area (Å²) < 4.78 is 22.8. The first-order valence-corrected chi connectivity index (χ1v) is 12.3. The minimum atomic E-state index is -0.0853. The Hall–Kier alpha value is -4.77. The Bertz CT molecular complexity index is 1340. The quantitative estimate of drug-likeness (QED) is 0.202. The lowest BCUT2D eigenvalue weighted by molar-refractivity contribution is 0.103. The third kappa shape index (κ3) is 6.31. The first-order valence-electron chi connectivity index (χ1n) is 12.3. The van der Waals surface area contributed by atoms with Crippen molar-refractivity contribution in [2.45, 2.75) is 13.8 Å². The Morgan fingerprint density at radius 1 is 0.553 bits per heavy atom. The van der Waals surface area contributed by atoms with Crippen LogP contribution in [0.1, 0.15) is 40.9 Å². The number of carbonyl (C=O) groups excluding carboxylic acids is 1. The Balaban J connectivity index is 1.42. The number of benzene rings is 4. The second-order valence-electron chi connectivity index (χ2n) is 8.39. The summed E-state index contributed by atoms with van der Waals surface area (Å²) >= 11 is 0. The predicted molar refractivity (Wildman–Crippen MR) is 152 cm³/mol. The summed E-state index contributed by atoms with van der Waals surface area (Å²) in [5.74, 6) is 3.92. The van der Waals surface area contributed by atoms with Crippen LogP contribution in [0.3, 0.4) is 0 Å². The first-order chi connectivity index (χ1) is 18.5. The van der Waals surface area contributed by atoms with Gasteiger partial charge in [0.05, 0.1) is 14.2 Å². The molecule has 0 amide bonds. The van der Waals surface area contributed by atoms with E-state index in [0.29, 0.717) is 34.1 Å². The van der Waals surface area contributed by atoms with E-state index < -0.39 is 0 Å². The number of ketones is 1. The summed E-state index contributed by atoms with van der Waals surface area (Å²) in [7, 11) is 3.26. The highest BCUT2D eigenvalue weighted by Crippen LogP contribution is 2.31. The molecule has 0 saturated heterocycles. The number of carbonyl (C=O) groups is 1. The van der Waals surface area contributed by atoms with E-state index in [1.165, 1.54) is 0 Å². The molecule has 0 atom stereocenters. The minimum Gasteiger partial charge on any atom is -0.496 e.